The van der Waals surface area contributed by atoms with Crippen molar-refractivity contribution in [3.8, 4) is 0 Å². The van der Waals surface area contributed by atoms with Crippen molar-refractivity contribution in [2.45, 2.75) is 95.6 Å². The number of benzene rings is 2. The summed E-state index contributed by atoms with van der Waals surface area (Å²) in [7, 11) is -1.48. The van der Waals surface area contributed by atoms with Crippen LogP contribution in [-0.2, 0) is 9.53 Å². The average molecular weight is 498 g/mol. The van der Waals surface area contributed by atoms with Crippen molar-refractivity contribution in [1.29, 1.82) is 0 Å². The highest BCUT2D eigenvalue weighted by Crippen LogP contribution is 2.63. The van der Waals surface area contributed by atoms with Gasteiger partial charge in [-0.2, -0.15) is 0 Å². The van der Waals surface area contributed by atoms with Crippen LogP contribution in [0.5, 0.6) is 0 Å². The van der Waals surface area contributed by atoms with Crippen LogP contribution < -0.4 is 10.6 Å². The molecule has 2 aromatic rings. The SMILES string of the molecule is O=C(O)CCCCCCCCCCCCC[P+](c1ccccc1)(c1ccccc1)C1CCOCC1. The normalized spacial score (nSPS) is 14.7. The van der Waals surface area contributed by atoms with E-state index in [0.717, 1.165) is 31.7 Å². The van der Waals surface area contributed by atoms with Gasteiger partial charge in [0.25, 0.3) is 0 Å². The zero-order valence-electron chi connectivity index (χ0n) is 21.6. The first-order chi connectivity index (χ1) is 17.2. The second-order valence-corrected chi connectivity index (χ2v) is 14.1. The van der Waals surface area contributed by atoms with Gasteiger partial charge in [-0.25, -0.2) is 0 Å². The third kappa shape index (κ3) is 9.03. The van der Waals surface area contributed by atoms with E-state index in [-0.39, 0.29) is 0 Å². The molecule has 0 atom stereocenters. The number of hydrogen-bond acceptors (Lipinski definition) is 2. The van der Waals surface area contributed by atoms with Gasteiger partial charge in [0.15, 0.2) is 0 Å². The van der Waals surface area contributed by atoms with Crippen LogP contribution in [0.4, 0.5) is 0 Å². The minimum atomic E-state index is -1.48. The molecule has 2 aromatic carbocycles. The van der Waals surface area contributed by atoms with Crippen LogP contribution in [0.25, 0.3) is 0 Å². The Morgan fingerprint density at radius 1 is 0.686 bits per heavy atom. The molecular weight excluding hydrogens is 451 g/mol. The number of rotatable bonds is 17. The molecule has 3 nitrogen and oxygen atoms in total. The lowest BCUT2D eigenvalue weighted by molar-refractivity contribution is -0.137. The Balaban J connectivity index is 1.47. The molecule has 0 aromatic heterocycles. The van der Waals surface area contributed by atoms with Gasteiger partial charge in [-0.05, 0) is 43.5 Å². The number of ether oxygens (including phenoxy) is 1. The minimum Gasteiger partial charge on any atom is -0.481 e. The first-order valence-corrected chi connectivity index (χ1v) is 16.1. The molecule has 1 heterocycles. The monoisotopic (exact) mass is 497 g/mol. The summed E-state index contributed by atoms with van der Waals surface area (Å²) < 4.78 is 5.79. The molecule has 1 aliphatic rings. The van der Waals surface area contributed by atoms with Gasteiger partial charge in [0.2, 0.25) is 0 Å². The molecular formula is C31H46O3P+. The van der Waals surface area contributed by atoms with E-state index in [9.17, 15) is 4.79 Å². The van der Waals surface area contributed by atoms with Crippen LogP contribution in [0, 0.1) is 0 Å². The number of unbranched alkanes of at least 4 members (excludes halogenated alkanes) is 10. The molecule has 0 aliphatic carbocycles. The third-order valence-electron chi connectivity index (χ3n) is 7.65. The molecule has 0 saturated carbocycles. The number of carboxylic acids is 1. The van der Waals surface area contributed by atoms with Crippen molar-refractivity contribution in [1.82, 2.24) is 0 Å². The van der Waals surface area contributed by atoms with E-state index in [1.165, 1.54) is 76.8 Å². The Labute approximate surface area is 214 Å². The molecule has 1 fully saturated rings. The van der Waals surface area contributed by atoms with Crippen LogP contribution >= 0.6 is 7.26 Å². The molecule has 4 heteroatoms. The van der Waals surface area contributed by atoms with E-state index < -0.39 is 13.2 Å². The second-order valence-electron chi connectivity index (χ2n) is 10.1. The fourth-order valence-corrected chi connectivity index (χ4v) is 11.0. The second kappa shape index (κ2) is 16.1. The van der Waals surface area contributed by atoms with Crippen LogP contribution in [-0.4, -0.2) is 36.1 Å². The molecule has 0 bridgehead atoms. The quantitative estimate of drug-likeness (QED) is 0.181. The first-order valence-electron chi connectivity index (χ1n) is 14.0. The standard InChI is InChI=1S/C31H45O3P/c32-31(33)22-16-8-6-4-2-1-3-5-7-9-17-27-35(28-18-12-10-13-19-28,29-20-14-11-15-21-29)30-23-25-34-26-24-30/h10-15,18-21,30H,1-9,16-17,22-27H2/p+1. The summed E-state index contributed by atoms with van der Waals surface area (Å²) in [4.78, 5) is 10.6. The molecule has 3 rings (SSSR count). The lowest BCUT2D eigenvalue weighted by Crippen LogP contribution is -2.37. The van der Waals surface area contributed by atoms with Crippen LogP contribution in [0.3, 0.4) is 0 Å². The summed E-state index contributed by atoms with van der Waals surface area (Å²) in [6.45, 7) is 1.82. The molecule has 0 radical (unpaired) electrons. The molecule has 1 N–H and O–H groups in total. The number of aliphatic carboxylic acids is 1. The van der Waals surface area contributed by atoms with Crippen LogP contribution in [0.15, 0.2) is 60.7 Å². The van der Waals surface area contributed by atoms with Crippen molar-refractivity contribution < 1.29 is 14.6 Å². The summed E-state index contributed by atoms with van der Waals surface area (Å²) in [5, 5.41) is 11.9. The molecule has 1 aliphatic heterocycles. The highest BCUT2D eigenvalue weighted by Gasteiger charge is 2.49. The van der Waals surface area contributed by atoms with E-state index in [2.05, 4.69) is 60.7 Å². The Bertz CT molecular complexity index is 778. The number of hydrogen-bond donors (Lipinski definition) is 1. The van der Waals surface area contributed by atoms with E-state index in [1.807, 2.05) is 0 Å². The van der Waals surface area contributed by atoms with Gasteiger partial charge >= 0.3 is 5.97 Å². The van der Waals surface area contributed by atoms with Gasteiger partial charge in [-0.15, -0.1) is 0 Å². The molecule has 0 unspecified atom stereocenters. The Morgan fingerprint density at radius 3 is 1.57 bits per heavy atom. The highest BCUT2D eigenvalue weighted by molar-refractivity contribution is 7.90. The fourth-order valence-electron chi connectivity index (χ4n) is 5.75. The zero-order valence-corrected chi connectivity index (χ0v) is 22.5. The van der Waals surface area contributed by atoms with Crippen molar-refractivity contribution in [3.05, 3.63) is 60.7 Å². The van der Waals surface area contributed by atoms with Crippen LogP contribution in [0.2, 0.25) is 0 Å². The first kappa shape index (κ1) is 27.9. The number of carboxylic acid groups (broad SMARTS) is 1. The van der Waals surface area contributed by atoms with E-state index in [0.29, 0.717) is 6.42 Å². The predicted octanol–water partition coefficient (Wildman–Crippen LogP) is 7.60. The molecule has 35 heavy (non-hydrogen) atoms. The van der Waals surface area contributed by atoms with Gasteiger partial charge in [0, 0.05) is 19.3 Å². The van der Waals surface area contributed by atoms with E-state index >= 15 is 0 Å². The van der Waals surface area contributed by atoms with Gasteiger partial charge in [-0.1, -0.05) is 87.8 Å². The van der Waals surface area contributed by atoms with E-state index in [4.69, 9.17) is 9.84 Å². The smallest absolute Gasteiger partial charge is 0.303 e. The van der Waals surface area contributed by atoms with Crippen molar-refractivity contribution in [2.24, 2.45) is 0 Å². The maximum Gasteiger partial charge on any atom is 0.303 e. The van der Waals surface area contributed by atoms with Crippen molar-refractivity contribution in [3.63, 3.8) is 0 Å². The summed E-state index contributed by atoms with van der Waals surface area (Å²) in [5.41, 5.74) is 0.733. The zero-order chi connectivity index (χ0) is 24.6. The number of carbonyl (C=O) groups is 1. The van der Waals surface area contributed by atoms with Crippen LogP contribution in [0.1, 0.15) is 89.9 Å². The van der Waals surface area contributed by atoms with E-state index in [1.54, 1.807) is 10.6 Å². The third-order valence-corrected chi connectivity index (χ3v) is 12.9. The Kier molecular flexibility index (Phi) is 12.8. The lowest BCUT2D eigenvalue weighted by Gasteiger charge is -2.37. The van der Waals surface area contributed by atoms with Crippen molar-refractivity contribution in [2.75, 3.05) is 19.4 Å². The van der Waals surface area contributed by atoms with Gasteiger partial charge in [-0.3, -0.25) is 4.79 Å². The molecule has 0 spiro atoms. The molecule has 0 amide bonds. The summed E-state index contributed by atoms with van der Waals surface area (Å²) in [6.07, 6.45) is 17.7. The topological polar surface area (TPSA) is 46.5 Å². The van der Waals surface area contributed by atoms with Gasteiger partial charge in [0.05, 0.1) is 42.9 Å². The Morgan fingerprint density at radius 2 is 1.11 bits per heavy atom. The largest absolute Gasteiger partial charge is 0.481 e. The summed E-state index contributed by atoms with van der Waals surface area (Å²) >= 11 is 0. The maximum absolute atomic E-state index is 10.6. The molecule has 192 valence electrons. The summed E-state index contributed by atoms with van der Waals surface area (Å²) in [5.74, 6) is -0.662. The average Bonchev–Trinajstić information content (AvgIpc) is 2.90. The highest BCUT2D eigenvalue weighted by atomic mass is 31.2. The van der Waals surface area contributed by atoms with Gasteiger partial charge < -0.3 is 9.84 Å². The minimum absolute atomic E-state index is 0.326. The predicted molar refractivity (Wildman–Crippen MR) is 151 cm³/mol. The molecule has 1 saturated heterocycles. The van der Waals surface area contributed by atoms with Crippen molar-refractivity contribution >= 4 is 23.8 Å². The Hall–Kier alpha value is -1.70. The maximum atomic E-state index is 10.6. The fraction of sp³-hybridized carbons (Fsp3) is 0.581. The van der Waals surface area contributed by atoms with Gasteiger partial charge in [0.1, 0.15) is 0 Å². The lowest BCUT2D eigenvalue weighted by atomic mass is 10.1. The summed E-state index contributed by atoms with van der Waals surface area (Å²) in [6, 6.07) is 22.9.